The topological polar surface area (TPSA) is 111 Å². The zero-order valence-electron chi connectivity index (χ0n) is 22.4. The molecule has 5 aromatic rings. The summed E-state index contributed by atoms with van der Waals surface area (Å²) in [5.74, 6) is 0.522. The van der Waals surface area contributed by atoms with E-state index in [4.69, 9.17) is 4.98 Å². The fraction of sp³-hybridized carbons (Fsp3) is 0.267. The number of aromatic amines is 1. The molecule has 3 aromatic heterocycles. The minimum absolute atomic E-state index is 0.0614. The molecule has 1 N–H and O–H groups in total. The maximum atomic E-state index is 13.8. The van der Waals surface area contributed by atoms with Crippen molar-refractivity contribution in [3.8, 4) is 28.2 Å². The van der Waals surface area contributed by atoms with Gasteiger partial charge in [0.25, 0.3) is 0 Å². The van der Waals surface area contributed by atoms with Crippen molar-refractivity contribution in [2.24, 2.45) is 0 Å². The molecule has 0 unspecified atom stereocenters. The van der Waals surface area contributed by atoms with E-state index < -0.39 is 0 Å². The van der Waals surface area contributed by atoms with Gasteiger partial charge in [0.1, 0.15) is 0 Å². The summed E-state index contributed by atoms with van der Waals surface area (Å²) in [6.07, 6.45) is 7.15. The van der Waals surface area contributed by atoms with Gasteiger partial charge in [-0.05, 0) is 59.9 Å². The lowest BCUT2D eigenvalue weighted by Gasteiger charge is -2.12. The van der Waals surface area contributed by atoms with E-state index >= 15 is 0 Å². The number of hydrogen-bond acceptors (Lipinski definition) is 6. The number of imidazole rings is 1. The van der Waals surface area contributed by atoms with E-state index in [0.717, 1.165) is 52.9 Å². The molecule has 0 aliphatic carbocycles. The van der Waals surface area contributed by atoms with Crippen LogP contribution in [0.3, 0.4) is 0 Å². The van der Waals surface area contributed by atoms with Crippen LogP contribution in [0.5, 0.6) is 0 Å². The lowest BCUT2D eigenvalue weighted by atomic mass is 10.0. The van der Waals surface area contributed by atoms with Crippen molar-refractivity contribution in [1.82, 2.24) is 34.7 Å². The molecule has 5 rings (SSSR count). The van der Waals surface area contributed by atoms with Gasteiger partial charge >= 0.3 is 5.69 Å². The van der Waals surface area contributed by atoms with E-state index in [1.807, 2.05) is 67.8 Å². The number of unbranched alkanes of at least 4 members (excludes halogenated alkanes) is 1. The molecule has 0 spiro atoms. The van der Waals surface area contributed by atoms with Gasteiger partial charge in [-0.25, -0.2) is 9.89 Å². The van der Waals surface area contributed by atoms with Crippen molar-refractivity contribution >= 4 is 5.78 Å². The molecule has 0 bridgehead atoms. The van der Waals surface area contributed by atoms with Crippen molar-refractivity contribution in [2.75, 3.05) is 0 Å². The van der Waals surface area contributed by atoms with Crippen molar-refractivity contribution < 1.29 is 4.79 Å². The number of ketones is 1. The second-order valence-electron chi connectivity index (χ2n) is 9.52. The first kappa shape index (κ1) is 26.0. The molecule has 39 heavy (non-hydrogen) atoms. The van der Waals surface area contributed by atoms with Crippen LogP contribution in [-0.2, 0) is 19.4 Å². The molecule has 0 saturated carbocycles. The van der Waals surface area contributed by atoms with Gasteiger partial charge in [0, 0.05) is 34.8 Å². The average molecular weight is 522 g/mol. The maximum absolute atomic E-state index is 13.8. The first-order chi connectivity index (χ1) is 19.0. The lowest BCUT2D eigenvalue weighted by Crippen LogP contribution is -2.26. The molecular formula is C30H31N7O2. The van der Waals surface area contributed by atoms with E-state index in [0.29, 0.717) is 30.0 Å². The van der Waals surface area contributed by atoms with Crippen LogP contribution >= 0.6 is 0 Å². The first-order valence-electron chi connectivity index (χ1n) is 13.2. The number of Topliss-reactive ketones (excluding diaryl/α,β-unsaturated/α-hetero) is 1. The Kier molecular flexibility index (Phi) is 7.58. The molecule has 0 aliphatic rings. The van der Waals surface area contributed by atoms with Crippen LogP contribution in [0.25, 0.3) is 28.2 Å². The highest BCUT2D eigenvalue weighted by Crippen LogP contribution is 2.29. The standard InChI is InChI=1S/C30H31N7O2/c1-4-6-11-24-19-37(28-21(5-2)10-9-14-25(28)20(3)38)30(39)36(24)18-23-16-15-22(17-31-23)26-12-7-8-13-27(26)29-32-34-35-33-29/h7-10,12-17,19H,4-6,11,18H2,1-3H3,(H,32,33,34,35). The number of benzene rings is 2. The van der Waals surface area contributed by atoms with E-state index in [1.54, 1.807) is 22.1 Å². The summed E-state index contributed by atoms with van der Waals surface area (Å²) in [7, 11) is 0. The summed E-state index contributed by atoms with van der Waals surface area (Å²) in [6.45, 7) is 6.04. The van der Waals surface area contributed by atoms with Crippen LogP contribution < -0.4 is 5.69 Å². The predicted octanol–water partition coefficient (Wildman–Crippen LogP) is 5.04. The van der Waals surface area contributed by atoms with Crippen molar-refractivity contribution in [3.63, 3.8) is 0 Å². The maximum Gasteiger partial charge on any atom is 0.333 e. The fourth-order valence-electron chi connectivity index (χ4n) is 4.91. The summed E-state index contributed by atoms with van der Waals surface area (Å²) < 4.78 is 3.43. The third-order valence-electron chi connectivity index (χ3n) is 6.95. The minimum atomic E-state index is -0.168. The van der Waals surface area contributed by atoms with Gasteiger partial charge in [0.2, 0.25) is 0 Å². The zero-order chi connectivity index (χ0) is 27.4. The van der Waals surface area contributed by atoms with Crippen LogP contribution in [0.15, 0.2) is 71.8 Å². The predicted molar refractivity (Wildman–Crippen MR) is 150 cm³/mol. The Hall–Kier alpha value is -4.66. The minimum Gasteiger partial charge on any atom is -0.294 e. The number of tetrazole rings is 1. The highest BCUT2D eigenvalue weighted by molar-refractivity contribution is 5.98. The quantitative estimate of drug-likeness (QED) is 0.258. The van der Waals surface area contributed by atoms with E-state index in [-0.39, 0.29) is 11.5 Å². The Morgan fingerprint density at radius 1 is 1.00 bits per heavy atom. The molecule has 0 saturated heterocycles. The Morgan fingerprint density at radius 3 is 2.49 bits per heavy atom. The Balaban J connectivity index is 1.53. The molecule has 2 aromatic carbocycles. The van der Waals surface area contributed by atoms with Gasteiger partial charge in [-0.15, -0.1) is 5.10 Å². The monoisotopic (exact) mass is 521 g/mol. The van der Waals surface area contributed by atoms with E-state index in [1.165, 1.54) is 0 Å². The van der Waals surface area contributed by atoms with Gasteiger partial charge in [-0.2, -0.15) is 0 Å². The van der Waals surface area contributed by atoms with Gasteiger partial charge in [-0.3, -0.25) is 18.9 Å². The number of pyridine rings is 1. The van der Waals surface area contributed by atoms with Gasteiger partial charge in [0.05, 0.1) is 17.9 Å². The smallest absolute Gasteiger partial charge is 0.294 e. The molecule has 0 radical (unpaired) electrons. The first-order valence-corrected chi connectivity index (χ1v) is 13.2. The molecule has 0 amide bonds. The van der Waals surface area contributed by atoms with Gasteiger partial charge in [0.15, 0.2) is 11.6 Å². The van der Waals surface area contributed by atoms with Crippen molar-refractivity contribution in [1.29, 1.82) is 0 Å². The van der Waals surface area contributed by atoms with E-state index in [2.05, 4.69) is 27.5 Å². The second-order valence-corrected chi connectivity index (χ2v) is 9.52. The summed E-state index contributed by atoms with van der Waals surface area (Å²) in [6, 6.07) is 17.4. The average Bonchev–Trinajstić information content (AvgIpc) is 3.61. The van der Waals surface area contributed by atoms with Crippen LogP contribution in [0.1, 0.15) is 60.9 Å². The second kappa shape index (κ2) is 11.4. The largest absolute Gasteiger partial charge is 0.333 e. The number of nitrogens with zero attached hydrogens (tertiary/aromatic N) is 6. The number of nitrogens with one attached hydrogen (secondary N) is 1. The Morgan fingerprint density at radius 2 is 1.82 bits per heavy atom. The summed E-state index contributed by atoms with van der Waals surface area (Å²) >= 11 is 0. The number of hydrogen-bond donors (Lipinski definition) is 1. The Bertz CT molecular complexity index is 1650. The molecule has 9 heteroatoms. The summed E-state index contributed by atoms with van der Waals surface area (Å²) in [5.41, 5.74) is 6.48. The van der Waals surface area contributed by atoms with Crippen molar-refractivity contribution in [3.05, 3.63) is 100.0 Å². The number of aryl methyl sites for hydroxylation is 2. The van der Waals surface area contributed by atoms with E-state index in [9.17, 15) is 9.59 Å². The van der Waals surface area contributed by atoms with Crippen LogP contribution in [0, 0.1) is 0 Å². The normalized spacial score (nSPS) is 11.2. The zero-order valence-corrected chi connectivity index (χ0v) is 22.4. The molecule has 3 heterocycles. The van der Waals surface area contributed by atoms with Gasteiger partial charge in [-0.1, -0.05) is 62.7 Å². The third-order valence-corrected chi connectivity index (χ3v) is 6.95. The number of carbonyl (C=O) groups excluding carboxylic acids is 1. The van der Waals surface area contributed by atoms with Crippen LogP contribution in [0.2, 0.25) is 0 Å². The summed E-state index contributed by atoms with van der Waals surface area (Å²) in [4.78, 5) is 31.0. The van der Waals surface area contributed by atoms with Gasteiger partial charge < -0.3 is 0 Å². The summed E-state index contributed by atoms with van der Waals surface area (Å²) in [5, 5.41) is 14.2. The molecule has 0 fully saturated rings. The fourth-order valence-corrected chi connectivity index (χ4v) is 4.91. The van der Waals surface area contributed by atoms with Crippen molar-refractivity contribution in [2.45, 2.75) is 53.0 Å². The molecule has 0 aliphatic heterocycles. The number of H-pyrrole nitrogens is 1. The molecule has 198 valence electrons. The number of carbonyl (C=O) groups is 1. The van der Waals surface area contributed by atoms with Crippen LogP contribution in [0.4, 0.5) is 0 Å². The number of para-hydroxylation sites is 1. The molecular weight excluding hydrogens is 490 g/mol. The Labute approximate surface area is 226 Å². The molecule has 0 atom stereocenters. The third kappa shape index (κ3) is 5.20. The number of rotatable bonds is 10. The molecule has 9 nitrogen and oxygen atoms in total. The lowest BCUT2D eigenvalue weighted by molar-refractivity contribution is 0.101. The highest BCUT2D eigenvalue weighted by atomic mass is 16.2. The number of aromatic nitrogens is 7. The highest BCUT2D eigenvalue weighted by Gasteiger charge is 2.19. The van der Waals surface area contributed by atoms with Crippen LogP contribution in [-0.4, -0.2) is 40.5 Å². The SMILES string of the molecule is CCCCc1cn(-c2c(CC)cccc2C(C)=O)c(=O)n1Cc1ccc(-c2ccccc2-c2nnn[nH]2)cn1.